The Morgan fingerprint density at radius 1 is 1.06 bits per heavy atom. The number of hydrogen-bond acceptors (Lipinski definition) is 6. The first-order valence-electron chi connectivity index (χ1n) is 12.3. The van der Waals surface area contributed by atoms with E-state index in [0.717, 1.165) is 12.8 Å². The number of nitrogens with zero attached hydrogens (tertiary/aromatic N) is 1. The Bertz CT molecular complexity index is 1260. The summed E-state index contributed by atoms with van der Waals surface area (Å²) in [6, 6.07) is 14.4. The lowest BCUT2D eigenvalue weighted by Crippen LogP contribution is -2.40. The molecule has 0 radical (unpaired) electrons. The fraction of sp³-hybridized carbons (Fsp3) is 0.464. The summed E-state index contributed by atoms with van der Waals surface area (Å²) >= 11 is 0. The van der Waals surface area contributed by atoms with E-state index in [-0.39, 0.29) is 10.7 Å². The van der Waals surface area contributed by atoms with Crippen LogP contribution in [0, 0.1) is 22.7 Å². The summed E-state index contributed by atoms with van der Waals surface area (Å²) < 4.78 is 34.3. The molecular formula is C28H34N2O5S. The number of hydrogen-bond donors (Lipinski definition) is 1. The van der Waals surface area contributed by atoms with Crippen molar-refractivity contribution in [2.45, 2.75) is 76.7 Å². The quantitative estimate of drug-likeness (QED) is 0.348. The maximum Gasteiger partial charge on any atom is 0.318 e. The van der Waals surface area contributed by atoms with Crippen LogP contribution in [0.25, 0.3) is 0 Å². The Kier molecular flexibility index (Phi) is 7.94. The molecular weight excluding hydrogens is 476 g/mol. The molecule has 2 aromatic rings. The number of cyclic esters (lactones) is 1. The van der Waals surface area contributed by atoms with Crippen LogP contribution in [0.15, 0.2) is 53.4 Å². The molecule has 1 aliphatic heterocycles. The molecule has 0 amide bonds. The largest absolute Gasteiger partial charge is 0.450 e. The molecule has 0 aromatic heterocycles. The highest BCUT2D eigenvalue weighted by atomic mass is 32.2. The van der Waals surface area contributed by atoms with Gasteiger partial charge in [-0.25, -0.2) is 8.42 Å². The van der Waals surface area contributed by atoms with Crippen molar-refractivity contribution in [2.24, 2.45) is 11.3 Å². The first kappa shape index (κ1) is 27.4. The number of ether oxygens (including phenoxy) is 1. The first-order valence-corrected chi connectivity index (χ1v) is 13.8. The highest BCUT2D eigenvalue weighted by Crippen LogP contribution is 2.48. The van der Waals surface area contributed by atoms with Gasteiger partial charge >= 0.3 is 5.97 Å². The lowest BCUT2D eigenvalue weighted by atomic mass is 9.66. The molecule has 1 N–H and O–H groups in total. The Balaban J connectivity index is 1.99. The molecule has 0 bridgehead atoms. The Morgan fingerprint density at radius 2 is 1.67 bits per heavy atom. The number of Topliss-reactive ketones (excluding diaryl/α,β-unsaturated/α-hetero) is 1. The van der Waals surface area contributed by atoms with Crippen LogP contribution in [0.2, 0.25) is 0 Å². The molecule has 192 valence electrons. The topological polar surface area (TPSA) is 113 Å². The normalized spacial score (nSPS) is 18.4. The van der Waals surface area contributed by atoms with Crippen molar-refractivity contribution in [3.8, 4) is 6.07 Å². The maximum atomic E-state index is 13.7. The second kappa shape index (κ2) is 10.4. The monoisotopic (exact) mass is 510 g/mol. The predicted molar refractivity (Wildman–Crippen MR) is 138 cm³/mol. The van der Waals surface area contributed by atoms with Gasteiger partial charge in [0.1, 0.15) is 5.92 Å². The van der Waals surface area contributed by atoms with Crippen LogP contribution in [0.4, 0.5) is 5.69 Å². The molecule has 2 unspecified atom stereocenters. The third-order valence-corrected chi connectivity index (χ3v) is 8.04. The van der Waals surface area contributed by atoms with Crippen LogP contribution in [-0.2, 0) is 24.3 Å². The van der Waals surface area contributed by atoms with Gasteiger partial charge in [-0.3, -0.25) is 14.3 Å². The van der Waals surface area contributed by atoms with Crippen molar-refractivity contribution in [2.75, 3.05) is 4.72 Å². The fourth-order valence-electron chi connectivity index (χ4n) is 5.18. The van der Waals surface area contributed by atoms with Crippen molar-refractivity contribution in [3.63, 3.8) is 0 Å². The standard InChI is InChI=1S/C28H34N2O5S/c1-6-15-28(16-7-2)25(31)23(26(32)35-28)24(27(3,4)5)20-9-8-10-21(17-20)30-36(33,34)22-13-11-19(18-29)12-14-22/h8-14,17,23-24,30H,6-7,15-16H2,1-5H3. The third-order valence-electron chi connectivity index (χ3n) is 6.65. The van der Waals surface area contributed by atoms with Gasteiger partial charge in [-0.05, 0) is 60.2 Å². The van der Waals surface area contributed by atoms with Crippen molar-refractivity contribution >= 4 is 27.5 Å². The van der Waals surface area contributed by atoms with Crippen LogP contribution in [0.1, 0.15) is 77.3 Å². The molecule has 0 aliphatic carbocycles. The summed E-state index contributed by atoms with van der Waals surface area (Å²) in [5, 5.41) is 8.96. The number of sulfonamides is 1. The van der Waals surface area contributed by atoms with Crippen LogP contribution < -0.4 is 4.72 Å². The maximum absolute atomic E-state index is 13.7. The van der Waals surface area contributed by atoms with E-state index in [2.05, 4.69) is 4.72 Å². The van der Waals surface area contributed by atoms with Gasteiger partial charge in [0.05, 0.1) is 16.5 Å². The molecule has 36 heavy (non-hydrogen) atoms. The van der Waals surface area contributed by atoms with Gasteiger partial charge < -0.3 is 4.74 Å². The molecule has 0 saturated carbocycles. The lowest BCUT2D eigenvalue weighted by Gasteiger charge is -2.34. The van der Waals surface area contributed by atoms with Gasteiger partial charge in [-0.2, -0.15) is 5.26 Å². The number of ketones is 1. The van der Waals surface area contributed by atoms with Gasteiger partial charge in [-0.15, -0.1) is 0 Å². The van der Waals surface area contributed by atoms with E-state index in [1.165, 1.54) is 24.3 Å². The minimum atomic E-state index is -3.91. The van der Waals surface area contributed by atoms with E-state index >= 15 is 0 Å². The zero-order chi connectivity index (χ0) is 26.7. The van der Waals surface area contributed by atoms with Gasteiger partial charge in [0.2, 0.25) is 0 Å². The molecule has 8 heteroatoms. The molecule has 0 spiro atoms. The SMILES string of the molecule is CCCC1(CCC)OC(=O)C(C(c2cccc(NS(=O)(=O)c3ccc(C#N)cc3)c2)C(C)(C)C)C1=O. The predicted octanol–water partition coefficient (Wildman–Crippen LogP) is 5.57. The molecule has 1 aliphatic rings. The summed E-state index contributed by atoms with van der Waals surface area (Å²) in [4.78, 5) is 27.0. The summed E-state index contributed by atoms with van der Waals surface area (Å²) in [5.74, 6) is -2.16. The Hall–Kier alpha value is -3.18. The van der Waals surface area contributed by atoms with E-state index in [4.69, 9.17) is 10.00 Å². The lowest BCUT2D eigenvalue weighted by molar-refractivity contribution is -0.154. The number of nitrogens with one attached hydrogen (secondary N) is 1. The van der Waals surface area contributed by atoms with Crippen molar-refractivity contribution in [1.82, 2.24) is 0 Å². The number of benzene rings is 2. The zero-order valence-electron chi connectivity index (χ0n) is 21.5. The molecule has 3 rings (SSSR count). The number of esters is 1. The average molecular weight is 511 g/mol. The van der Waals surface area contributed by atoms with Crippen molar-refractivity contribution in [3.05, 3.63) is 59.7 Å². The summed E-state index contributed by atoms with van der Waals surface area (Å²) in [6.07, 6.45) is 2.42. The fourth-order valence-corrected chi connectivity index (χ4v) is 6.23. The minimum absolute atomic E-state index is 0.0257. The van der Waals surface area contributed by atoms with Gasteiger partial charge in [-0.1, -0.05) is 59.6 Å². The Morgan fingerprint density at radius 3 is 2.19 bits per heavy atom. The first-order chi connectivity index (χ1) is 16.9. The van der Waals surface area contributed by atoms with Crippen molar-refractivity contribution in [1.29, 1.82) is 5.26 Å². The second-order valence-electron chi connectivity index (χ2n) is 10.5. The second-order valence-corrected chi connectivity index (χ2v) is 12.2. The molecule has 2 aromatic carbocycles. The number of nitriles is 1. The molecule has 2 atom stereocenters. The minimum Gasteiger partial charge on any atom is -0.450 e. The van der Waals surface area contributed by atoms with Crippen LogP contribution in [0.3, 0.4) is 0 Å². The summed E-state index contributed by atoms with van der Waals surface area (Å²) in [7, 11) is -3.91. The molecule has 1 heterocycles. The molecule has 7 nitrogen and oxygen atoms in total. The molecule has 1 saturated heterocycles. The van der Waals surface area contributed by atoms with Gasteiger partial charge in [0.25, 0.3) is 10.0 Å². The number of carbonyl (C=O) groups excluding carboxylic acids is 2. The Labute approximate surface area is 213 Å². The van der Waals surface area contributed by atoms with E-state index < -0.39 is 38.8 Å². The highest BCUT2D eigenvalue weighted by Gasteiger charge is 2.58. The van der Waals surface area contributed by atoms with E-state index in [1.54, 1.807) is 18.2 Å². The highest BCUT2D eigenvalue weighted by molar-refractivity contribution is 7.92. The van der Waals surface area contributed by atoms with E-state index in [1.807, 2.05) is 46.8 Å². The van der Waals surface area contributed by atoms with Crippen LogP contribution in [-0.4, -0.2) is 25.8 Å². The van der Waals surface area contributed by atoms with Crippen LogP contribution >= 0.6 is 0 Å². The number of rotatable bonds is 9. The smallest absolute Gasteiger partial charge is 0.318 e. The number of anilines is 1. The van der Waals surface area contributed by atoms with Gasteiger partial charge in [0.15, 0.2) is 11.4 Å². The number of carbonyl (C=O) groups is 2. The molecule has 1 fully saturated rings. The van der Waals surface area contributed by atoms with Gasteiger partial charge in [0, 0.05) is 11.6 Å². The van der Waals surface area contributed by atoms with Crippen molar-refractivity contribution < 1.29 is 22.7 Å². The van der Waals surface area contributed by atoms with E-state index in [0.29, 0.717) is 29.7 Å². The zero-order valence-corrected chi connectivity index (χ0v) is 22.3. The average Bonchev–Trinajstić information content (AvgIpc) is 3.03. The third kappa shape index (κ3) is 5.46. The summed E-state index contributed by atoms with van der Waals surface area (Å²) in [6.45, 7) is 9.83. The van der Waals surface area contributed by atoms with E-state index in [9.17, 15) is 18.0 Å². The summed E-state index contributed by atoms with van der Waals surface area (Å²) in [5.41, 5.74) is -0.221. The van der Waals surface area contributed by atoms with Crippen LogP contribution in [0.5, 0.6) is 0 Å².